The molecule has 0 amide bonds. The molecule has 1 aromatic heterocycles. The van der Waals surface area contributed by atoms with Gasteiger partial charge in [-0.05, 0) is 61.6 Å². The van der Waals surface area contributed by atoms with Crippen molar-refractivity contribution < 1.29 is 17.2 Å². The monoisotopic (exact) mass is 350 g/mol. The molecule has 0 saturated heterocycles. The number of nitrogens with two attached hydrogens (primary N) is 1. The average Bonchev–Trinajstić information content (AvgIpc) is 2.97. The maximum Gasteiger partial charge on any atom is 0.241 e. The number of pyridine rings is 1. The molecule has 0 bridgehead atoms. The fourth-order valence-corrected chi connectivity index (χ4v) is 3.61. The van der Waals surface area contributed by atoms with Crippen molar-refractivity contribution in [2.75, 3.05) is 0 Å². The highest BCUT2D eigenvalue weighted by Crippen LogP contribution is 2.40. The van der Waals surface area contributed by atoms with Crippen LogP contribution >= 0.6 is 0 Å². The van der Waals surface area contributed by atoms with Gasteiger partial charge in [-0.1, -0.05) is 6.07 Å². The minimum atomic E-state index is -4.31. The first-order valence-corrected chi connectivity index (χ1v) is 9.00. The van der Waals surface area contributed by atoms with Crippen LogP contribution in [0, 0.1) is 18.6 Å². The van der Waals surface area contributed by atoms with Gasteiger partial charge in [-0.3, -0.25) is 4.98 Å². The fraction of sp³-hybridized carbons (Fsp3) is 0.235. The lowest BCUT2D eigenvalue weighted by atomic mass is 9.99. The Balaban J connectivity index is 2.17. The van der Waals surface area contributed by atoms with Crippen LogP contribution in [0.2, 0.25) is 0 Å². The summed E-state index contributed by atoms with van der Waals surface area (Å²) in [5, 5.41) is 4.91. The Morgan fingerprint density at radius 1 is 1.08 bits per heavy atom. The molecule has 24 heavy (non-hydrogen) atoms. The number of hydrogen-bond acceptors (Lipinski definition) is 3. The maximum atomic E-state index is 14.4. The number of allylic oxidation sites excluding steroid dienone is 2. The lowest BCUT2D eigenvalue weighted by Gasteiger charge is -2.11. The summed E-state index contributed by atoms with van der Waals surface area (Å²) < 4.78 is 51.2. The zero-order valence-electron chi connectivity index (χ0n) is 13.0. The predicted molar refractivity (Wildman–Crippen MR) is 87.4 cm³/mol. The molecule has 4 nitrogen and oxygen atoms in total. The first kappa shape index (κ1) is 16.7. The topological polar surface area (TPSA) is 73.1 Å². The molecule has 2 aromatic rings. The van der Waals surface area contributed by atoms with Gasteiger partial charge in [-0.2, -0.15) is 0 Å². The van der Waals surface area contributed by atoms with Gasteiger partial charge in [0.15, 0.2) is 0 Å². The highest BCUT2D eigenvalue weighted by molar-refractivity contribution is 7.89. The molecule has 1 aliphatic rings. The third kappa shape index (κ3) is 3.09. The second kappa shape index (κ2) is 6.07. The standard InChI is InChI=1S/C17H16F2N2O2S/c1-10-4-2-7-16(21-10)12-6-3-5-11(12)13-8-15(19)17(9-14(13)18)24(20,22)23/h2,4,7-9H,3,5-6H2,1H3,(H2,20,22,23). The molecule has 0 spiro atoms. The predicted octanol–water partition coefficient (Wildman–Crippen LogP) is 3.41. The average molecular weight is 350 g/mol. The van der Waals surface area contributed by atoms with E-state index in [1.807, 2.05) is 25.1 Å². The number of sulfonamides is 1. The van der Waals surface area contributed by atoms with Crippen molar-refractivity contribution in [3.05, 3.63) is 58.9 Å². The molecule has 1 heterocycles. The summed E-state index contributed by atoms with van der Waals surface area (Å²) in [6, 6.07) is 7.11. The molecule has 0 radical (unpaired) electrons. The second-order valence-corrected chi connectivity index (χ2v) is 7.31. The van der Waals surface area contributed by atoms with Crippen LogP contribution in [0.5, 0.6) is 0 Å². The van der Waals surface area contributed by atoms with Crippen LogP contribution in [0.4, 0.5) is 8.78 Å². The number of primary sulfonamides is 1. The largest absolute Gasteiger partial charge is 0.253 e. The smallest absolute Gasteiger partial charge is 0.241 e. The van der Waals surface area contributed by atoms with Crippen molar-refractivity contribution in [2.24, 2.45) is 5.14 Å². The van der Waals surface area contributed by atoms with Crippen molar-refractivity contribution in [2.45, 2.75) is 31.1 Å². The van der Waals surface area contributed by atoms with E-state index >= 15 is 0 Å². The van der Waals surface area contributed by atoms with E-state index in [9.17, 15) is 17.2 Å². The number of hydrogen-bond donors (Lipinski definition) is 1. The zero-order chi connectivity index (χ0) is 17.5. The van der Waals surface area contributed by atoms with E-state index in [0.29, 0.717) is 24.5 Å². The van der Waals surface area contributed by atoms with E-state index in [1.165, 1.54) is 0 Å². The van der Waals surface area contributed by atoms with E-state index in [0.717, 1.165) is 29.4 Å². The van der Waals surface area contributed by atoms with Crippen LogP contribution < -0.4 is 5.14 Å². The van der Waals surface area contributed by atoms with Crippen molar-refractivity contribution >= 4 is 21.2 Å². The third-order valence-corrected chi connectivity index (χ3v) is 4.99. The summed E-state index contributed by atoms with van der Waals surface area (Å²) in [7, 11) is -4.31. The molecular formula is C17H16F2N2O2S. The van der Waals surface area contributed by atoms with Gasteiger partial charge in [0, 0.05) is 11.3 Å². The fourth-order valence-electron chi connectivity index (χ4n) is 3.01. The molecule has 0 unspecified atom stereocenters. The Kier molecular flexibility index (Phi) is 4.23. The molecule has 3 rings (SSSR count). The van der Waals surface area contributed by atoms with Gasteiger partial charge in [-0.15, -0.1) is 0 Å². The summed E-state index contributed by atoms with van der Waals surface area (Å²) in [5.41, 5.74) is 3.15. The molecule has 0 fully saturated rings. The first-order chi connectivity index (χ1) is 11.3. The minimum absolute atomic E-state index is 0.0655. The van der Waals surface area contributed by atoms with Gasteiger partial charge >= 0.3 is 0 Å². The van der Waals surface area contributed by atoms with E-state index < -0.39 is 26.6 Å². The number of rotatable bonds is 3. The molecule has 0 atom stereocenters. The lowest BCUT2D eigenvalue weighted by molar-refractivity contribution is 0.552. The van der Waals surface area contributed by atoms with E-state index in [-0.39, 0.29) is 5.56 Å². The second-order valence-electron chi connectivity index (χ2n) is 5.78. The van der Waals surface area contributed by atoms with Gasteiger partial charge < -0.3 is 0 Å². The minimum Gasteiger partial charge on any atom is -0.253 e. The van der Waals surface area contributed by atoms with Crippen molar-refractivity contribution in [1.29, 1.82) is 0 Å². The third-order valence-electron chi connectivity index (χ3n) is 4.07. The number of halogens is 2. The maximum absolute atomic E-state index is 14.4. The van der Waals surface area contributed by atoms with Crippen LogP contribution in [-0.4, -0.2) is 13.4 Å². The van der Waals surface area contributed by atoms with Gasteiger partial charge in [0.05, 0.1) is 5.69 Å². The van der Waals surface area contributed by atoms with Crippen molar-refractivity contribution in [3.63, 3.8) is 0 Å². The van der Waals surface area contributed by atoms with E-state index in [2.05, 4.69) is 4.98 Å². The Labute approximate surface area is 139 Å². The Morgan fingerprint density at radius 2 is 1.79 bits per heavy atom. The van der Waals surface area contributed by atoms with Gasteiger partial charge in [0.2, 0.25) is 10.0 Å². The molecule has 1 aromatic carbocycles. The number of aryl methyl sites for hydroxylation is 1. The van der Waals surface area contributed by atoms with Gasteiger partial charge in [-0.25, -0.2) is 22.3 Å². The highest BCUT2D eigenvalue weighted by Gasteiger charge is 2.24. The molecule has 1 aliphatic carbocycles. The normalized spacial score (nSPS) is 15.2. The van der Waals surface area contributed by atoms with Crippen LogP contribution in [0.25, 0.3) is 11.1 Å². The highest BCUT2D eigenvalue weighted by atomic mass is 32.2. The number of nitrogens with zero attached hydrogens (tertiary/aromatic N) is 1. The van der Waals surface area contributed by atoms with Crippen LogP contribution in [0.3, 0.4) is 0 Å². The SMILES string of the molecule is Cc1cccc(C2=C(c3cc(F)c(S(N)(=O)=O)cc3F)CCC2)n1. The molecule has 7 heteroatoms. The Hall–Kier alpha value is -2.12. The Morgan fingerprint density at radius 3 is 2.46 bits per heavy atom. The number of aromatic nitrogens is 1. The molecule has 0 saturated carbocycles. The summed E-state index contributed by atoms with van der Waals surface area (Å²) >= 11 is 0. The summed E-state index contributed by atoms with van der Waals surface area (Å²) in [4.78, 5) is 3.61. The van der Waals surface area contributed by atoms with Crippen LogP contribution in [-0.2, 0) is 10.0 Å². The Bertz CT molecular complexity index is 953. The van der Waals surface area contributed by atoms with Gasteiger partial charge in [0.1, 0.15) is 16.5 Å². The zero-order valence-corrected chi connectivity index (χ0v) is 13.8. The summed E-state index contributed by atoms with van der Waals surface area (Å²) in [6.07, 6.45) is 2.10. The van der Waals surface area contributed by atoms with Crippen LogP contribution in [0.1, 0.15) is 36.2 Å². The van der Waals surface area contributed by atoms with Crippen molar-refractivity contribution in [1.82, 2.24) is 4.98 Å². The summed E-state index contributed by atoms with van der Waals surface area (Å²) in [5.74, 6) is -1.85. The summed E-state index contributed by atoms with van der Waals surface area (Å²) in [6.45, 7) is 1.86. The van der Waals surface area contributed by atoms with Crippen molar-refractivity contribution in [3.8, 4) is 0 Å². The first-order valence-electron chi connectivity index (χ1n) is 7.45. The molecule has 126 valence electrons. The van der Waals surface area contributed by atoms with Crippen LogP contribution in [0.15, 0.2) is 35.2 Å². The quantitative estimate of drug-likeness (QED) is 0.922. The van der Waals surface area contributed by atoms with Gasteiger partial charge in [0.25, 0.3) is 0 Å². The molecular weight excluding hydrogens is 334 g/mol. The lowest BCUT2D eigenvalue weighted by Crippen LogP contribution is -2.15. The number of benzene rings is 1. The molecule has 0 aliphatic heterocycles. The molecule has 2 N–H and O–H groups in total. The van der Waals surface area contributed by atoms with E-state index in [1.54, 1.807) is 0 Å². The van der Waals surface area contributed by atoms with E-state index in [4.69, 9.17) is 5.14 Å².